The zero-order valence-electron chi connectivity index (χ0n) is 9.46. The van der Waals surface area contributed by atoms with Crippen molar-refractivity contribution in [2.45, 2.75) is 0 Å². The van der Waals surface area contributed by atoms with Crippen LogP contribution in [0, 0.1) is 0 Å². The molecule has 0 aromatic heterocycles. The van der Waals surface area contributed by atoms with Gasteiger partial charge in [-0.2, -0.15) is 0 Å². The summed E-state index contributed by atoms with van der Waals surface area (Å²) in [5.74, 6) is 0. The van der Waals surface area contributed by atoms with Crippen LogP contribution in [-0.4, -0.2) is 14.1 Å². The molecule has 84 valence electrons. The molecule has 0 radical (unpaired) electrons. The highest BCUT2D eigenvalue weighted by Gasteiger charge is 2.04. The van der Waals surface area contributed by atoms with Gasteiger partial charge >= 0.3 is 0 Å². The molecule has 0 aliphatic heterocycles. The first-order chi connectivity index (χ1) is 7.65. The molecule has 4 heteroatoms. The second-order valence-electron chi connectivity index (χ2n) is 3.73. The van der Waals surface area contributed by atoms with Crippen molar-refractivity contribution in [1.29, 1.82) is 0 Å². The van der Waals surface area contributed by atoms with Crippen molar-refractivity contribution in [1.82, 2.24) is 0 Å². The van der Waals surface area contributed by atoms with Gasteiger partial charge in [-0.1, -0.05) is 0 Å². The topological polar surface area (TPSA) is 76.1 Å². The van der Waals surface area contributed by atoms with Crippen LogP contribution in [0.3, 0.4) is 0 Å². The zero-order valence-corrected chi connectivity index (χ0v) is 9.46. The molecule has 0 aliphatic rings. The number of nitrogens with one attached hydrogen (secondary N) is 2. The van der Waals surface area contributed by atoms with E-state index in [-0.39, 0.29) is 0 Å². The van der Waals surface area contributed by atoms with Crippen LogP contribution in [0.2, 0.25) is 0 Å². The predicted octanol–water partition coefficient (Wildman–Crippen LogP) is 2.09. The summed E-state index contributed by atoms with van der Waals surface area (Å²) in [6, 6.07) is 7.89. The van der Waals surface area contributed by atoms with E-state index >= 15 is 0 Å². The molecule has 0 spiro atoms. The summed E-state index contributed by atoms with van der Waals surface area (Å²) in [7, 11) is 3.70. The van der Waals surface area contributed by atoms with E-state index in [1.807, 2.05) is 38.4 Å². The number of hydrogen-bond acceptors (Lipinski definition) is 4. The molecular formula is C12H16N4. The maximum atomic E-state index is 5.91. The van der Waals surface area contributed by atoms with Gasteiger partial charge in [0.25, 0.3) is 0 Å². The molecular weight excluding hydrogens is 200 g/mol. The van der Waals surface area contributed by atoms with Gasteiger partial charge in [-0.05, 0) is 35.0 Å². The molecule has 0 amide bonds. The van der Waals surface area contributed by atoms with E-state index in [2.05, 4.69) is 10.6 Å². The zero-order chi connectivity index (χ0) is 11.7. The third kappa shape index (κ3) is 1.58. The third-order valence-electron chi connectivity index (χ3n) is 2.72. The molecule has 6 N–H and O–H groups in total. The molecule has 2 aromatic carbocycles. The maximum Gasteiger partial charge on any atom is 0.0577 e. The highest BCUT2D eigenvalue weighted by molar-refractivity contribution is 5.96. The summed E-state index contributed by atoms with van der Waals surface area (Å²) in [5.41, 5.74) is 15.1. The first kappa shape index (κ1) is 10.4. The predicted molar refractivity (Wildman–Crippen MR) is 71.9 cm³/mol. The number of hydrogen-bond donors (Lipinski definition) is 4. The molecule has 0 fully saturated rings. The number of anilines is 4. The van der Waals surface area contributed by atoms with E-state index in [0.29, 0.717) is 0 Å². The molecule has 0 bridgehead atoms. The van der Waals surface area contributed by atoms with Gasteiger partial charge < -0.3 is 22.1 Å². The van der Waals surface area contributed by atoms with Crippen molar-refractivity contribution < 1.29 is 0 Å². The minimum atomic E-state index is 0.738. The van der Waals surface area contributed by atoms with Crippen molar-refractivity contribution in [3.8, 4) is 0 Å². The van der Waals surface area contributed by atoms with Crippen LogP contribution in [0.15, 0.2) is 24.3 Å². The summed E-state index contributed by atoms with van der Waals surface area (Å²) >= 11 is 0. The Labute approximate surface area is 94.6 Å². The van der Waals surface area contributed by atoms with Gasteiger partial charge in [0.1, 0.15) is 0 Å². The minimum absolute atomic E-state index is 0.738. The fourth-order valence-corrected chi connectivity index (χ4v) is 1.82. The van der Waals surface area contributed by atoms with Gasteiger partial charge in [0.15, 0.2) is 0 Å². The Kier molecular flexibility index (Phi) is 2.48. The van der Waals surface area contributed by atoms with Crippen LogP contribution in [0.1, 0.15) is 0 Å². The van der Waals surface area contributed by atoms with Crippen LogP contribution in [0.5, 0.6) is 0 Å². The molecule has 2 aromatic rings. The number of rotatable bonds is 2. The lowest BCUT2D eigenvalue weighted by Gasteiger charge is -2.10. The van der Waals surface area contributed by atoms with Crippen LogP contribution in [0.4, 0.5) is 22.7 Å². The van der Waals surface area contributed by atoms with Crippen molar-refractivity contribution in [2.75, 3.05) is 36.2 Å². The molecule has 4 nitrogen and oxygen atoms in total. The Bertz CT molecular complexity index is 485. The lowest BCUT2D eigenvalue weighted by atomic mass is 10.1. The van der Waals surface area contributed by atoms with Crippen LogP contribution in [-0.2, 0) is 0 Å². The van der Waals surface area contributed by atoms with Crippen LogP contribution in [0.25, 0.3) is 10.8 Å². The van der Waals surface area contributed by atoms with Gasteiger partial charge in [0.05, 0.1) is 22.7 Å². The molecule has 2 rings (SSSR count). The second kappa shape index (κ2) is 3.81. The van der Waals surface area contributed by atoms with Gasteiger partial charge in [0, 0.05) is 14.1 Å². The van der Waals surface area contributed by atoms with E-state index in [9.17, 15) is 0 Å². The molecule has 0 heterocycles. The van der Waals surface area contributed by atoms with E-state index in [0.717, 1.165) is 33.5 Å². The lowest BCUT2D eigenvalue weighted by molar-refractivity contribution is 1.51. The van der Waals surface area contributed by atoms with Gasteiger partial charge in [-0.3, -0.25) is 0 Å². The van der Waals surface area contributed by atoms with Crippen molar-refractivity contribution in [3.63, 3.8) is 0 Å². The van der Waals surface area contributed by atoms with Gasteiger partial charge in [-0.25, -0.2) is 0 Å². The summed E-state index contributed by atoms with van der Waals surface area (Å²) < 4.78 is 0. The Hall–Kier alpha value is -2.10. The van der Waals surface area contributed by atoms with E-state index in [1.54, 1.807) is 0 Å². The first-order valence-electron chi connectivity index (χ1n) is 5.14. The molecule has 0 atom stereocenters. The Morgan fingerprint density at radius 1 is 0.750 bits per heavy atom. The fourth-order valence-electron chi connectivity index (χ4n) is 1.82. The highest BCUT2D eigenvalue weighted by atomic mass is 14.9. The third-order valence-corrected chi connectivity index (χ3v) is 2.72. The molecule has 0 saturated carbocycles. The average molecular weight is 216 g/mol. The standard InChI is InChI=1S/C12H16N4/c1-15-11-5-7-4-10(14)12(16-2)6-8(7)3-9(11)13/h3-6,15-16H,13-14H2,1-2H3. The number of fused-ring (bicyclic) bond motifs is 1. The smallest absolute Gasteiger partial charge is 0.0577 e. The second-order valence-corrected chi connectivity index (χ2v) is 3.73. The quantitative estimate of drug-likeness (QED) is 0.580. The van der Waals surface area contributed by atoms with Crippen LogP contribution >= 0.6 is 0 Å². The van der Waals surface area contributed by atoms with Crippen molar-refractivity contribution in [2.24, 2.45) is 0 Å². The maximum absolute atomic E-state index is 5.91. The van der Waals surface area contributed by atoms with Gasteiger partial charge in [0.2, 0.25) is 0 Å². The van der Waals surface area contributed by atoms with E-state index in [4.69, 9.17) is 11.5 Å². The average Bonchev–Trinajstić information content (AvgIpc) is 2.28. The molecule has 0 unspecified atom stereocenters. The first-order valence-corrected chi connectivity index (χ1v) is 5.14. The summed E-state index contributed by atoms with van der Waals surface area (Å²) in [6.45, 7) is 0. The Balaban J connectivity index is 2.71. The normalized spacial score (nSPS) is 10.4. The number of nitrogens with two attached hydrogens (primary N) is 2. The monoisotopic (exact) mass is 216 g/mol. The van der Waals surface area contributed by atoms with Crippen molar-refractivity contribution >= 4 is 33.5 Å². The van der Waals surface area contributed by atoms with E-state index < -0.39 is 0 Å². The number of benzene rings is 2. The molecule has 0 aliphatic carbocycles. The van der Waals surface area contributed by atoms with Gasteiger partial charge in [-0.15, -0.1) is 0 Å². The number of nitrogen functional groups attached to an aromatic ring is 2. The lowest BCUT2D eigenvalue weighted by Crippen LogP contribution is -1.98. The Morgan fingerprint density at radius 2 is 1.12 bits per heavy atom. The highest BCUT2D eigenvalue weighted by Crippen LogP contribution is 2.31. The van der Waals surface area contributed by atoms with Crippen LogP contribution < -0.4 is 22.1 Å². The summed E-state index contributed by atoms with van der Waals surface area (Å²) in [5, 5.41) is 8.27. The largest absolute Gasteiger partial charge is 0.397 e. The fraction of sp³-hybridized carbons (Fsp3) is 0.167. The minimum Gasteiger partial charge on any atom is -0.397 e. The van der Waals surface area contributed by atoms with E-state index in [1.165, 1.54) is 0 Å². The molecule has 0 saturated heterocycles. The Morgan fingerprint density at radius 3 is 1.44 bits per heavy atom. The summed E-state index contributed by atoms with van der Waals surface area (Å²) in [4.78, 5) is 0. The SMILES string of the molecule is CNc1cc2cc(N)c(NC)cc2cc1N. The molecule has 16 heavy (non-hydrogen) atoms. The van der Waals surface area contributed by atoms with Crippen molar-refractivity contribution in [3.05, 3.63) is 24.3 Å². The summed E-state index contributed by atoms with van der Waals surface area (Å²) in [6.07, 6.45) is 0.